The Morgan fingerprint density at radius 3 is 2.31 bits per heavy atom. The number of hydrogen-bond donors (Lipinski definition) is 2. The number of benzene rings is 1. The summed E-state index contributed by atoms with van der Waals surface area (Å²) in [7, 11) is 1.64. The van der Waals surface area contributed by atoms with Crippen LogP contribution in [0.15, 0.2) is 28.7 Å². The summed E-state index contributed by atoms with van der Waals surface area (Å²) >= 11 is 3.40. The van der Waals surface area contributed by atoms with E-state index in [1.54, 1.807) is 7.05 Å². The maximum atomic E-state index is 11.4. The fraction of sp³-hybridized carbons (Fsp3) is 0.417. The van der Waals surface area contributed by atoms with Crippen LogP contribution >= 0.6 is 15.9 Å². The van der Waals surface area contributed by atoms with Gasteiger partial charge in [-0.3, -0.25) is 10.1 Å². The van der Waals surface area contributed by atoms with Gasteiger partial charge in [0, 0.05) is 17.6 Å². The Morgan fingerprint density at radius 2 is 1.81 bits per heavy atom. The second kappa shape index (κ2) is 6.01. The Bertz CT molecular complexity index is 351. The molecule has 1 amide bonds. The van der Waals surface area contributed by atoms with Crippen LogP contribution in [-0.4, -0.2) is 19.0 Å². The Kier molecular flexibility index (Phi) is 4.96. The lowest BCUT2D eigenvalue weighted by atomic mass is 10.1. The molecule has 1 unspecified atom stereocenters. The Balaban J connectivity index is 2.61. The smallest absolute Gasteiger partial charge is 0.236 e. The highest BCUT2D eigenvalue weighted by molar-refractivity contribution is 9.10. The maximum absolute atomic E-state index is 11.4. The van der Waals surface area contributed by atoms with Crippen LogP contribution in [0.25, 0.3) is 0 Å². The highest BCUT2D eigenvalue weighted by Gasteiger charge is 2.14. The zero-order valence-electron chi connectivity index (χ0n) is 9.75. The molecule has 0 heterocycles. The number of carbonyl (C=O) groups is 1. The van der Waals surface area contributed by atoms with E-state index < -0.39 is 0 Å². The zero-order valence-corrected chi connectivity index (χ0v) is 11.3. The molecular formula is C12H17BrN2O. The van der Waals surface area contributed by atoms with Crippen molar-refractivity contribution >= 4 is 21.8 Å². The fourth-order valence-electron chi connectivity index (χ4n) is 1.51. The highest BCUT2D eigenvalue weighted by atomic mass is 79.9. The molecule has 1 aromatic carbocycles. The fourth-order valence-corrected chi connectivity index (χ4v) is 1.78. The van der Waals surface area contributed by atoms with Crippen LogP contribution in [-0.2, 0) is 4.79 Å². The van der Waals surface area contributed by atoms with Gasteiger partial charge in [0.05, 0.1) is 6.04 Å². The van der Waals surface area contributed by atoms with E-state index >= 15 is 0 Å². The molecule has 3 nitrogen and oxygen atoms in total. The third-order valence-corrected chi connectivity index (χ3v) is 3.04. The third kappa shape index (κ3) is 3.61. The van der Waals surface area contributed by atoms with Gasteiger partial charge in [-0.05, 0) is 31.5 Å². The minimum Gasteiger partial charge on any atom is -0.358 e. The second-order valence-electron chi connectivity index (χ2n) is 3.78. The first-order chi connectivity index (χ1) is 7.54. The molecule has 1 aromatic rings. The summed E-state index contributed by atoms with van der Waals surface area (Å²) < 4.78 is 1.06. The Morgan fingerprint density at radius 1 is 1.25 bits per heavy atom. The molecule has 16 heavy (non-hydrogen) atoms. The second-order valence-corrected chi connectivity index (χ2v) is 4.69. The maximum Gasteiger partial charge on any atom is 0.236 e. The monoisotopic (exact) mass is 284 g/mol. The molecule has 0 aliphatic rings. The number of nitrogens with one attached hydrogen (secondary N) is 2. The Labute approximate surface area is 105 Å². The number of halogens is 1. The van der Waals surface area contributed by atoms with Crippen molar-refractivity contribution in [1.29, 1.82) is 0 Å². The predicted molar refractivity (Wildman–Crippen MR) is 69.2 cm³/mol. The lowest BCUT2D eigenvalue weighted by molar-refractivity contribution is -0.122. The van der Waals surface area contributed by atoms with Crippen LogP contribution in [0.1, 0.15) is 25.5 Å². The van der Waals surface area contributed by atoms with Crippen molar-refractivity contribution in [3.63, 3.8) is 0 Å². The lowest BCUT2D eigenvalue weighted by Gasteiger charge is -2.19. The van der Waals surface area contributed by atoms with E-state index in [4.69, 9.17) is 0 Å². The summed E-state index contributed by atoms with van der Waals surface area (Å²) in [6, 6.07) is 8.04. The molecule has 0 saturated carbocycles. The van der Waals surface area contributed by atoms with Crippen molar-refractivity contribution < 1.29 is 4.79 Å². The van der Waals surface area contributed by atoms with Crippen LogP contribution < -0.4 is 10.6 Å². The summed E-state index contributed by atoms with van der Waals surface area (Å²) in [5, 5.41) is 5.86. The SMILES string of the molecule is CNC(=O)C(C)N[C@@H](C)c1ccc(Br)cc1. The topological polar surface area (TPSA) is 41.1 Å². The van der Waals surface area contributed by atoms with Gasteiger partial charge < -0.3 is 5.32 Å². The summed E-state index contributed by atoms with van der Waals surface area (Å²) in [4.78, 5) is 11.4. The summed E-state index contributed by atoms with van der Waals surface area (Å²) in [5.74, 6) is 0.00367. The molecule has 0 saturated heterocycles. The first-order valence-electron chi connectivity index (χ1n) is 5.27. The van der Waals surface area contributed by atoms with Crippen molar-refractivity contribution in [2.24, 2.45) is 0 Å². The molecule has 0 aliphatic heterocycles. The van der Waals surface area contributed by atoms with Gasteiger partial charge >= 0.3 is 0 Å². The van der Waals surface area contributed by atoms with Crippen LogP contribution in [0.2, 0.25) is 0 Å². The molecule has 0 aliphatic carbocycles. The predicted octanol–water partition coefficient (Wildman–Crippen LogP) is 2.23. The molecule has 4 heteroatoms. The molecule has 0 spiro atoms. The van der Waals surface area contributed by atoms with Crippen molar-refractivity contribution in [2.45, 2.75) is 25.9 Å². The van der Waals surface area contributed by atoms with Crippen molar-refractivity contribution in [3.05, 3.63) is 34.3 Å². The normalized spacial score (nSPS) is 14.2. The van der Waals surface area contributed by atoms with E-state index in [1.807, 2.05) is 38.1 Å². The quantitative estimate of drug-likeness (QED) is 0.890. The van der Waals surface area contributed by atoms with Gasteiger partial charge in [-0.15, -0.1) is 0 Å². The Hall–Kier alpha value is -0.870. The third-order valence-electron chi connectivity index (χ3n) is 2.51. The van der Waals surface area contributed by atoms with Crippen molar-refractivity contribution in [3.8, 4) is 0 Å². The van der Waals surface area contributed by atoms with Gasteiger partial charge in [-0.1, -0.05) is 28.1 Å². The average molecular weight is 285 g/mol. The number of amides is 1. The molecule has 0 bridgehead atoms. The van der Waals surface area contributed by atoms with E-state index in [0.29, 0.717) is 0 Å². The number of hydrogen-bond acceptors (Lipinski definition) is 2. The van der Waals surface area contributed by atoms with Crippen LogP contribution in [0.3, 0.4) is 0 Å². The molecule has 1 rings (SSSR count). The molecule has 0 fully saturated rings. The van der Waals surface area contributed by atoms with Crippen molar-refractivity contribution in [1.82, 2.24) is 10.6 Å². The largest absolute Gasteiger partial charge is 0.358 e. The molecule has 2 atom stereocenters. The summed E-state index contributed by atoms with van der Waals surface area (Å²) in [5.41, 5.74) is 1.17. The zero-order chi connectivity index (χ0) is 12.1. The van der Waals surface area contributed by atoms with Gasteiger partial charge in [0.1, 0.15) is 0 Å². The minimum atomic E-state index is -0.191. The van der Waals surface area contributed by atoms with E-state index in [-0.39, 0.29) is 18.0 Å². The average Bonchev–Trinajstić information content (AvgIpc) is 2.28. The molecular weight excluding hydrogens is 268 g/mol. The van der Waals surface area contributed by atoms with Gasteiger partial charge in [0.25, 0.3) is 0 Å². The number of likely N-dealkylation sites (N-methyl/N-ethyl adjacent to an activating group) is 1. The minimum absolute atomic E-state index is 0.00367. The van der Waals surface area contributed by atoms with Crippen LogP contribution in [0, 0.1) is 0 Å². The first-order valence-corrected chi connectivity index (χ1v) is 6.07. The number of rotatable bonds is 4. The van der Waals surface area contributed by atoms with E-state index in [1.165, 1.54) is 5.56 Å². The number of carbonyl (C=O) groups excluding carboxylic acids is 1. The van der Waals surface area contributed by atoms with Crippen LogP contribution in [0.4, 0.5) is 0 Å². The summed E-state index contributed by atoms with van der Waals surface area (Å²) in [6.07, 6.45) is 0. The van der Waals surface area contributed by atoms with Crippen molar-refractivity contribution in [2.75, 3.05) is 7.05 Å². The standard InChI is InChI=1S/C12H17BrN2O/c1-8(15-9(2)12(16)14-3)10-4-6-11(13)7-5-10/h4-9,15H,1-3H3,(H,14,16)/t8-,9?/m0/s1. The van der Waals surface area contributed by atoms with Gasteiger partial charge in [-0.2, -0.15) is 0 Å². The van der Waals surface area contributed by atoms with Gasteiger partial charge in [-0.25, -0.2) is 0 Å². The molecule has 0 radical (unpaired) electrons. The van der Waals surface area contributed by atoms with Crippen LogP contribution in [0.5, 0.6) is 0 Å². The van der Waals surface area contributed by atoms with E-state index in [9.17, 15) is 4.79 Å². The summed E-state index contributed by atoms with van der Waals surface area (Å²) in [6.45, 7) is 3.90. The lowest BCUT2D eigenvalue weighted by Crippen LogP contribution is -2.41. The molecule has 2 N–H and O–H groups in total. The molecule has 0 aromatic heterocycles. The van der Waals surface area contributed by atoms with E-state index in [2.05, 4.69) is 26.6 Å². The molecule has 88 valence electrons. The highest BCUT2D eigenvalue weighted by Crippen LogP contribution is 2.16. The van der Waals surface area contributed by atoms with E-state index in [0.717, 1.165) is 4.47 Å². The first kappa shape index (κ1) is 13.2. The van der Waals surface area contributed by atoms with Gasteiger partial charge in [0.2, 0.25) is 5.91 Å². The van der Waals surface area contributed by atoms with Gasteiger partial charge in [0.15, 0.2) is 0 Å².